The molecule has 0 saturated carbocycles. The Bertz CT molecular complexity index is 495. The third kappa shape index (κ3) is 4.16. The second kappa shape index (κ2) is 8.52. The lowest BCUT2D eigenvalue weighted by molar-refractivity contribution is 0.0564. The average Bonchev–Trinajstić information content (AvgIpc) is 2.58. The molecule has 1 aromatic rings. The number of ether oxygens (including phenoxy) is 2. The molecule has 1 aromatic carbocycles. The van der Waals surface area contributed by atoms with Crippen LogP contribution in [0, 0.1) is 0 Å². The van der Waals surface area contributed by atoms with Gasteiger partial charge in [-0.15, -0.1) is 0 Å². The standard InChI is InChI=1S/C18H31N3O2/c1-5-8-20-9-10-21(13-14(20)2)17(12-19)16-11-15(22-3)6-7-18(16)23-4/h6-7,11,14,17H,5,8-10,12-13,19H2,1-4H3. The van der Waals surface area contributed by atoms with E-state index in [9.17, 15) is 0 Å². The van der Waals surface area contributed by atoms with Crippen LogP contribution in [-0.2, 0) is 0 Å². The summed E-state index contributed by atoms with van der Waals surface area (Å²) in [6.07, 6.45) is 1.20. The van der Waals surface area contributed by atoms with Gasteiger partial charge in [-0.2, -0.15) is 0 Å². The topological polar surface area (TPSA) is 51.0 Å². The molecule has 1 heterocycles. The van der Waals surface area contributed by atoms with Gasteiger partial charge in [0, 0.05) is 37.8 Å². The van der Waals surface area contributed by atoms with Crippen LogP contribution in [0.15, 0.2) is 18.2 Å². The largest absolute Gasteiger partial charge is 0.497 e. The van der Waals surface area contributed by atoms with E-state index in [1.54, 1.807) is 14.2 Å². The smallest absolute Gasteiger partial charge is 0.123 e. The fourth-order valence-corrected chi connectivity index (χ4v) is 3.50. The zero-order chi connectivity index (χ0) is 16.8. The lowest BCUT2D eigenvalue weighted by Gasteiger charge is -2.43. The Hall–Kier alpha value is -1.30. The van der Waals surface area contributed by atoms with E-state index in [1.165, 1.54) is 13.0 Å². The first-order chi connectivity index (χ1) is 11.1. The minimum atomic E-state index is 0.159. The molecule has 5 nitrogen and oxygen atoms in total. The third-order valence-electron chi connectivity index (χ3n) is 4.77. The maximum Gasteiger partial charge on any atom is 0.123 e. The van der Waals surface area contributed by atoms with Crippen molar-refractivity contribution < 1.29 is 9.47 Å². The van der Waals surface area contributed by atoms with Crippen molar-refractivity contribution in [2.24, 2.45) is 5.73 Å². The number of methoxy groups -OCH3 is 2. The summed E-state index contributed by atoms with van der Waals surface area (Å²) in [7, 11) is 3.40. The second-order valence-electron chi connectivity index (χ2n) is 6.24. The van der Waals surface area contributed by atoms with Gasteiger partial charge in [0.2, 0.25) is 0 Å². The monoisotopic (exact) mass is 321 g/mol. The molecule has 130 valence electrons. The lowest BCUT2D eigenvalue weighted by atomic mass is 10.0. The van der Waals surface area contributed by atoms with Crippen molar-refractivity contribution in [3.8, 4) is 11.5 Å². The first kappa shape index (κ1) is 18.0. The van der Waals surface area contributed by atoms with Crippen molar-refractivity contribution in [2.75, 3.05) is 46.9 Å². The Morgan fingerprint density at radius 2 is 2.04 bits per heavy atom. The van der Waals surface area contributed by atoms with Crippen LogP contribution in [0.2, 0.25) is 0 Å². The van der Waals surface area contributed by atoms with Gasteiger partial charge in [-0.3, -0.25) is 9.80 Å². The Kier molecular flexibility index (Phi) is 6.69. The van der Waals surface area contributed by atoms with Gasteiger partial charge in [0.1, 0.15) is 11.5 Å². The molecule has 0 spiro atoms. The fraction of sp³-hybridized carbons (Fsp3) is 0.667. The first-order valence-electron chi connectivity index (χ1n) is 8.54. The fourth-order valence-electron chi connectivity index (χ4n) is 3.50. The van der Waals surface area contributed by atoms with E-state index in [1.807, 2.05) is 12.1 Å². The molecular weight excluding hydrogens is 290 g/mol. The first-order valence-corrected chi connectivity index (χ1v) is 8.54. The van der Waals surface area contributed by atoms with Gasteiger partial charge in [-0.25, -0.2) is 0 Å². The van der Waals surface area contributed by atoms with Crippen molar-refractivity contribution >= 4 is 0 Å². The lowest BCUT2D eigenvalue weighted by Crippen LogP contribution is -2.53. The number of hydrogen-bond acceptors (Lipinski definition) is 5. The molecule has 5 heteroatoms. The number of benzene rings is 1. The number of rotatable bonds is 7. The molecule has 0 bridgehead atoms. The molecular formula is C18H31N3O2. The van der Waals surface area contributed by atoms with Crippen molar-refractivity contribution in [1.29, 1.82) is 0 Å². The van der Waals surface area contributed by atoms with E-state index in [-0.39, 0.29) is 6.04 Å². The highest BCUT2D eigenvalue weighted by molar-refractivity contribution is 5.42. The van der Waals surface area contributed by atoms with Crippen LogP contribution in [0.5, 0.6) is 11.5 Å². The maximum absolute atomic E-state index is 6.14. The van der Waals surface area contributed by atoms with Crippen LogP contribution < -0.4 is 15.2 Å². The summed E-state index contributed by atoms with van der Waals surface area (Å²) in [5, 5.41) is 0. The summed E-state index contributed by atoms with van der Waals surface area (Å²) in [5.74, 6) is 1.72. The summed E-state index contributed by atoms with van der Waals surface area (Å²) < 4.78 is 10.9. The highest BCUT2D eigenvalue weighted by atomic mass is 16.5. The summed E-state index contributed by atoms with van der Waals surface area (Å²) in [5.41, 5.74) is 7.25. The Morgan fingerprint density at radius 1 is 1.26 bits per heavy atom. The zero-order valence-corrected chi connectivity index (χ0v) is 14.9. The molecule has 2 atom stereocenters. The highest BCUT2D eigenvalue weighted by Crippen LogP contribution is 2.33. The van der Waals surface area contributed by atoms with E-state index < -0.39 is 0 Å². The minimum absolute atomic E-state index is 0.159. The van der Waals surface area contributed by atoms with Crippen molar-refractivity contribution in [3.05, 3.63) is 23.8 Å². The Labute approximate surface area is 140 Å². The van der Waals surface area contributed by atoms with Gasteiger partial charge in [-0.05, 0) is 38.1 Å². The van der Waals surface area contributed by atoms with Crippen LogP contribution in [0.1, 0.15) is 31.9 Å². The number of nitrogens with zero attached hydrogens (tertiary/aromatic N) is 2. The minimum Gasteiger partial charge on any atom is -0.497 e. The van der Waals surface area contributed by atoms with Gasteiger partial charge in [0.25, 0.3) is 0 Å². The second-order valence-corrected chi connectivity index (χ2v) is 6.24. The SMILES string of the molecule is CCCN1CCN(C(CN)c2cc(OC)ccc2OC)CC1C. The number of nitrogens with two attached hydrogens (primary N) is 1. The van der Waals surface area contributed by atoms with Gasteiger partial charge < -0.3 is 15.2 Å². The van der Waals surface area contributed by atoms with Crippen molar-refractivity contribution in [1.82, 2.24) is 9.80 Å². The van der Waals surface area contributed by atoms with Gasteiger partial charge in [0.05, 0.1) is 20.3 Å². The highest BCUT2D eigenvalue weighted by Gasteiger charge is 2.29. The van der Waals surface area contributed by atoms with Crippen molar-refractivity contribution in [3.63, 3.8) is 0 Å². The quantitative estimate of drug-likeness (QED) is 0.834. The number of piperazine rings is 1. The van der Waals surface area contributed by atoms with Gasteiger partial charge >= 0.3 is 0 Å². The van der Waals surface area contributed by atoms with Crippen LogP contribution in [-0.4, -0.2) is 62.8 Å². The summed E-state index contributed by atoms with van der Waals surface area (Å²) in [4.78, 5) is 5.04. The molecule has 0 radical (unpaired) electrons. The molecule has 2 rings (SSSR count). The predicted molar refractivity (Wildman–Crippen MR) is 94.2 cm³/mol. The molecule has 0 aliphatic carbocycles. The summed E-state index contributed by atoms with van der Waals surface area (Å²) in [6.45, 7) is 9.45. The number of hydrogen-bond donors (Lipinski definition) is 1. The van der Waals surface area contributed by atoms with Crippen LogP contribution in [0.4, 0.5) is 0 Å². The van der Waals surface area contributed by atoms with Crippen LogP contribution >= 0.6 is 0 Å². The molecule has 0 aromatic heterocycles. The molecule has 2 unspecified atom stereocenters. The van der Waals surface area contributed by atoms with Crippen LogP contribution in [0.25, 0.3) is 0 Å². The van der Waals surface area contributed by atoms with E-state index in [0.29, 0.717) is 12.6 Å². The predicted octanol–water partition coefficient (Wildman–Crippen LogP) is 2.12. The molecule has 1 aliphatic rings. The average molecular weight is 321 g/mol. The van der Waals surface area contributed by atoms with Crippen LogP contribution in [0.3, 0.4) is 0 Å². The summed E-state index contributed by atoms with van der Waals surface area (Å²) in [6, 6.07) is 6.66. The summed E-state index contributed by atoms with van der Waals surface area (Å²) >= 11 is 0. The molecule has 0 amide bonds. The van der Waals surface area contributed by atoms with Crippen molar-refractivity contribution in [2.45, 2.75) is 32.4 Å². The van der Waals surface area contributed by atoms with E-state index in [0.717, 1.165) is 36.7 Å². The molecule has 23 heavy (non-hydrogen) atoms. The molecule has 1 aliphatic heterocycles. The van der Waals surface area contributed by atoms with E-state index in [4.69, 9.17) is 15.2 Å². The van der Waals surface area contributed by atoms with E-state index >= 15 is 0 Å². The van der Waals surface area contributed by atoms with E-state index in [2.05, 4.69) is 29.7 Å². The molecule has 1 saturated heterocycles. The van der Waals surface area contributed by atoms with Gasteiger partial charge in [-0.1, -0.05) is 6.92 Å². The normalized spacial score (nSPS) is 21.2. The Balaban J connectivity index is 2.20. The molecule has 1 fully saturated rings. The Morgan fingerprint density at radius 3 is 2.61 bits per heavy atom. The van der Waals surface area contributed by atoms with Gasteiger partial charge in [0.15, 0.2) is 0 Å². The third-order valence-corrected chi connectivity index (χ3v) is 4.77. The zero-order valence-electron chi connectivity index (χ0n) is 14.9. The molecule has 2 N–H and O–H groups in total. The maximum atomic E-state index is 6.14.